The number of nitrogens with one attached hydrogen (secondary N) is 1. The van der Waals surface area contributed by atoms with E-state index in [2.05, 4.69) is 10.4 Å². The lowest BCUT2D eigenvalue weighted by Crippen LogP contribution is -2.24. The minimum Gasteiger partial charge on any atom is -0.477 e. The van der Waals surface area contributed by atoms with Crippen molar-refractivity contribution in [3.05, 3.63) is 83.8 Å². The molecule has 2 heterocycles. The van der Waals surface area contributed by atoms with Crippen molar-refractivity contribution in [1.29, 1.82) is 0 Å². The Bertz CT molecular complexity index is 979. The second kappa shape index (κ2) is 5.90. The number of rotatable bonds is 3. The number of carbonyl (C=O) groups is 1. The SMILES string of the molecule is O=C(O)C1=CC(c2ccccc2F)n2nc(-c3ccccc3)cc2N1. The summed E-state index contributed by atoms with van der Waals surface area (Å²) in [6.07, 6.45) is 1.47. The van der Waals surface area contributed by atoms with E-state index in [4.69, 9.17) is 0 Å². The van der Waals surface area contributed by atoms with Gasteiger partial charge in [-0.25, -0.2) is 13.9 Å². The summed E-state index contributed by atoms with van der Waals surface area (Å²) in [6, 6.07) is 17.0. The fourth-order valence-electron chi connectivity index (χ4n) is 2.92. The molecule has 2 aromatic carbocycles. The molecule has 3 aromatic rings. The number of nitrogens with zero attached hydrogens (tertiary/aromatic N) is 2. The predicted molar refractivity (Wildman–Crippen MR) is 91.5 cm³/mol. The summed E-state index contributed by atoms with van der Waals surface area (Å²) in [5.74, 6) is -1.000. The molecule has 0 radical (unpaired) electrons. The molecule has 124 valence electrons. The van der Waals surface area contributed by atoms with Crippen LogP contribution in [0, 0.1) is 5.82 Å². The molecular weight excluding hydrogens is 321 g/mol. The fourth-order valence-corrected chi connectivity index (χ4v) is 2.92. The Kier molecular flexibility index (Phi) is 3.57. The number of fused-ring (bicyclic) bond motifs is 1. The summed E-state index contributed by atoms with van der Waals surface area (Å²) < 4.78 is 15.9. The van der Waals surface area contributed by atoms with Crippen molar-refractivity contribution in [1.82, 2.24) is 9.78 Å². The van der Waals surface area contributed by atoms with E-state index < -0.39 is 17.8 Å². The quantitative estimate of drug-likeness (QED) is 0.766. The van der Waals surface area contributed by atoms with Crippen molar-refractivity contribution in [2.45, 2.75) is 6.04 Å². The first-order valence-electron chi connectivity index (χ1n) is 7.75. The number of carboxylic acid groups (broad SMARTS) is 1. The molecular formula is C19H14FN3O2. The maximum absolute atomic E-state index is 14.3. The fraction of sp³-hybridized carbons (Fsp3) is 0.0526. The zero-order valence-electron chi connectivity index (χ0n) is 13.1. The van der Waals surface area contributed by atoms with Crippen molar-refractivity contribution in [3.63, 3.8) is 0 Å². The van der Waals surface area contributed by atoms with Crippen LogP contribution in [0.2, 0.25) is 0 Å². The number of hydrogen-bond donors (Lipinski definition) is 2. The van der Waals surface area contributed by atoms with Gasteiger partial charge in [-0.05, 0) is 12.1 Å². The van der Waals surface area contributed by atoms with Gasteiger partial charge in [-0.15, -0.1) is 0 Å². The molecule has 0 spiro atoms. The number of halogens is 1. The van der Waals surface area contributed by atoms with Crippen LogP contribution in [0.15, 0.2) is 72.4 Å². The zero-order chi connectivity index (χ0) is 17.4. The van der Waals surface area contributed by atoms with Crippen LogP contribution in [0.4, 0.5) is 10.2 Å². The standard InChI is InChI=1S/C19H14FN3O2/c20-14-9-5-4-8-13(14)17-10-16(19(24)25)21-18-11-15(22-23(17)18)12-6-2-1-3-7-12/h1-11,17,21H,(H,24,25). The summed E-state index contributed by atoms with van der Waals surface area (Å²) in [5, 5.41) is 16.8. The van der Waals surface area contributed by atoms with Gasteiger partial charge in [-0.3, -0.25) is 0 Å². The molecule has 1 aliphatic rings. The van der Waals surface area contributed by atoms with Gasteiger partial charge < -0.3 is 10.4 Å². The molecule has 0 fully saturated rings. The van der Waals surface area contributed by atoms with Crippen molar-refractivity contribution < 1.29 is 14.3 Å². The second-order valence-corrected chi connectivity index (χ2v) is 5.70. The van der Waals surface area contributed by atoms with Gasteiger partial charge in [0.15, 0.2) is 0 Å². The van der Waals surface area contributed by atoms with E-state index in [-0.39, 0.29) is 5.70 Å². The first-order valence-corrected chi connectivity index (χ1v) is 7.75. The van der Waals surface area contributed by atoms with Crippen molar-refractivity contribution in [2.75, 3.05) is 5.32 Å². The van der Waals surface area contributed by atoms with E-state index in [1.807, 2.05) is 30.3 Å². The van der Waals surface area contributed by atoms with Gasteiger partial charge in [0, 0.05) is 17.2 Å². The van der Waals surface area contributed by atoms with Crippen LogP contribution < -0.4 is 5.32 Å². The van der Waals surface area contributed by atoms with E-state index in [9.17, 15) is 14.3 Å². The highest BCUT2D eigenvalue weighted by atomic mass is 19.1. The van der Waals surface area contributed by atoms with Crippen LogP contribution in [0.1, 0.15) is 11.6 Å². The van der Waals surface area contributed by atoms with Gasteiger partial charge >= 0.3 is 5.97 Å². The molecule has 0 amide bonds. The van der Waals surface area contributed by atoms with Crippen LogP contribution >= 0.6 is 0 Å². The molecule has 1 unspecified atom stereocenters. The van der Waals surface area contributed by atoms with Crippen molar-refractivity contribution >= 4 is 11.8 Å². The van der Waals surface area contributed by atoms with Gasteiger partial charge in [0.2, 0.25) is 0 Å². The molecule has 0 aliphatic carbocycles. The number of aromatic nitrogens is 2. The summed E-state index contributed by atoms with van der Waals surface area (Å²) in [6.45, 7) is 0. The van der Waals surface area contributed by atoms with Gasteiger partial charge in [0.25, 0.3) is 0 Å². The Balaban J connectivity index is 1.86. The summed E-state index contributed by atoms with van der Waals surface area (Å²) in [4.78, 5) is 11.4. The highest BCUT2D eigenvalue weighted by Gasteiger charge is 2.27. The third-order valence-corrected chi connectivity index (χ3v) is 4.11. The number of allylic oxidation sites excluding steroid dienone is 1. The number of hydrogen-bond acceptors (Lipinski definition) is 3. The van der Waals surface area contributed by atoms with E-state index >= 15 is 0 Å². The van der Waals surface area contributed by atoms with Crippen LogP contribution in [0.5, 0.6) is 0 Å². The van der Waals surface area contributed by atoms with E-state index in [0.29, 0.717) is 17.1 Å². The predicted octanol–water partition coefficient (Wildman–Crippen LogP) is 3.67. The minimum absolute atomic E-state index is 0.000245. The van der Waals surface area contributed by atoms with Crippen molar-refractivity contribution in [3.8, 4) is 11.3 Å². The summed E-state index contributed by atoms with van der Waals surface area (Å²) in [5.41, 5.74) is 1.95. The largest absolute Gasteiger partial charge is 0.477 e. The Morgan fingerprint density at radius 3 is 2.56 bits per heavy atom. The van der Waals surface area contributed by atoms with Gasteiger partial charge in [-0.2, -0.15) is 5.10 Å². The lowest BCUT2D eigenvalue weighted by atomic mass is 10.0. The monoisotopic (exact) mass is 335 g/mol. The maximum atomic E-state index is 14.3. The summed E-state index contributed by atoms with van der Waals surface area (Å²) in [7, 11) is 0. The van der Waals surface area contributed by atoms with Gasteiger partial charge in [-0.1, -0.05) is 48.5 Å². The average Bonchev–Trinajstić information content (AvgIpc) is 3.06. The van der Waals surface area contributed by atoms with E-state index in [0.717, 1.165) is 5.56 Å². The number of anilines is 1. The number of aliphatic carboxylic acids is 1. The van der Waals surface area contributed by atoms with Crippen LogP contribution in [0.3, 0.4) is 0 Å². The molecule has 2 N–H and O–H groups in total. The van der Waals surface area contributed by atoms with Crippen molar-refractivity contribution in [2.24, 2.45) is 0 Å². The minimum atomic E-state index is -1.10. The molecule has 5 nitrogen and oxygen atoms in total. The smallest absolute Gasteiger partial charge is 0.352 e. The van der Waals surface area contributed by atoms with Gasteiger partial charge in [0.05, 0.1) is 5.69 Å². The normalized spacial score (nSPS) is 15.9. The van der Waals surface area contributed by atoms with Crippen LogP contribution in [-0.4, -0.2) is 20.9 Å². The molecule has 0 bridgehead atoms. The second-order valence-electron chi connectivity index (χ2n) is 5.70. The number of benzene rings is 2. The van der Waals surface area contributed by atoms with Crippen LogP contribution in [-0.2, 0) is 4.79 Å². The maximum Gasteiger partial charge on any atom is 0.352 e. The van der Waals surface area contributed by atoms with Crippen LogP contribution in [0.25, 0.3) is 11.3 Å². The highest BCUT2D eigenvalue weighted by molar-refractivity contribution is 5.91. The zero-order valence-corrected chi connectivity index (χ0v) is 13.1. The lowest BCUT2D eigenvalue weighted by Gasteiger charge is -2.23. The molecule has 25 heavy (non-hydrogen) atoms. The molecule has 4 rings (SSSR count). The molecule has 6 heteroatoms. The highest BCUT2D eigenvalue weighted by Crippen LogP contribution is 2.34. The van der Waals surface area contributed by atoms with E-state index in [1.54, 1.807) is 28.9 Å². The molecule has 1 aliphatic heterocycles. The first kappa shape index (κ1) is 15.1. The molecule has 0 saturated heterocycles. The Morgan fingerprint density at radius 2 is 1.84 bits per heavy atom. The van der Waals surface area contributed by atoms with Gasteiger partial charge in [0.1, 0.15) is 23.4 Å². The molecule has 1 atom stereocenters. The molecule has 1 aromatic heterocycles. The molecule has 0 saturated carbocycles. The Morgan fingerprint density at radius 1 is 1.12 bits per heavy atom. The number of carboxylic acids is 1. The average molecular weight is 335 g/mol. The van der Waals surface area contributed by atoms with E-state index in [1.165, 1.54) is 12.1 Å². The lowest BCUT2D eigenvalue weighted by molar-refractivity contribution is -0.132. The third-order valence-electron chi connectivity index (χ3n) is 4.11. The first-order chi connectivity index (χ1) is 12.1. The topological polar surface area (TPSA) is 67.1 Å². The summed E-state index contributed by atoms with van der Waals surface area (Å²) >= 11 is 0. The third kappa shape index (κ3) is 2.67. The Hall–Kier alpha value is -3.41. The Labute approximate surface area is 143 Å².